The molecule has 10 heteroatoms. The first-order valence-corrected chi connectivity index (χ1v) is 13.3. The third-order valence-electron chi connectivity index (χ3n) is 4.37. The van der Waals surface area contributed by atoms with Crippen molar-refractivity contribution >= 4 is 39.8 Å². The number of anilines is 1. The van der Waals surface area contributed by atoms with E-state index in [4.69, 9.17) is 8.92 Å². The molecule has 0 aliphatic heterocycles. The van der Waals surface area contributed by atoms with E-state index in [-0.39, 0.29) is 25.6 Å². The number of carbonyl (C=O) groups excluding carboxylic acids is 2. The number of aryl methyl sites for hydroxylation is 2. The zero-order valence-electron chi connectivity index (χ0n) is 20.4. The molecule has 2 aromatic carbocycles. The van der Waals surface area contributed by atoms with Gasteiger partial charge in [0.1, 0.15) is 12.1 Å². The van der Waals surface area contributed by atoms with Crippen LogP contribution in [0.4, 0.5) is 10.5 Å². The highest BCUT2D eigenvalue weighted by Crippen LogP contribution is 2.31. The summed E-state index contributed by atoms with van der Waals surface area (Å²) in [6, 6.07) is 15.1. The van der Waals surface area contributed by atoms with Crippen LogP contribution in [0.1, 0.15) is 31.9 Å². The van der Waals surface area contributed by atoms with Crippen molar-refractivity contribution in [3.63, 3.8) is 0 Å². The average molecular weight is 509 g/mol. The minimum absolute atomic E-state index is 0.134. The molecule has 0 saturated carbocycles. The summed E-state index contributed by atoms with van der Waals surface area (Å²) in [4.78, 5) is 28.3. The van der Waals surface area contributed by atoms with Gasteiger partial charge in [-0.05, 0) is 70.3 Å². The average Bonchev–Trinajstić information content (AvgIpc) is 2.71. The van der Waals surface area contributed by atoms with E-state index in [1.54, 1.807) is 32.9 Å². The largest absolute Gasteiger partial charge is 0.444 e. The Morgan fingerprint density at radius 2 is 1.68 bits per heavy atom. The zero-order chi connectivity index (χ0) is 25.5. The predicted molar refractivity (Wildman–Crippen MR) is 134 cm³/mol. The predicted octanol–water partition coefficient (Wildman–Crippen LogP) is 4.56. The molecule has 0 fully saturated rings. The molecule has 34 heavy (non-hydrogen) atoms. The number of nitrogens with zero attached hydrogens (tertiary/aromatic N) is 2. The van der Waals surface area contributed by atoms with Crippen LogP contribution in [0.3, 0.4) is 0 Å². The lowest BCUT2D eigenvalue weighted by Crippen LogP contribution is -2.44. The van der Waals surface area contributed by atoms with Crippen molar-refractivity contribution in [2.45, 2.75) is 45.1 Å². The molecule has 0 heterocycles. The van der Waals surface area contributed by atoms with E-state index in [0.29, 0.717) is 5.69 Å². The number of amides is 2. The van der Waals surface area contributed by atoms with Gasteiger partial charge in [0, 0.05) is 11.4 Å². The van der Waals surface area contributed by atoms with Crippen molar-refractivity contribution in [2.75, 3.05) is 30.3 Å². The standard InChI is InChI=1S/C24H32N2O6S2/c1-18-12-13-21(19(2)16-18)33-26(20-10-8-7-9-11-20)22(27)17-25(14-15-31-34(6,29)30)23(28)32-24(3,4)5/h7-13,16H,14-15,17H2,1-6H3. The van der Waals surface area contributed by atoms with Crippen LogP contribution in [0.5, 0.6) is 0 Å². The SMILES string of the molecule is Cc1ccc(SN(C(=O)CN(CCOS(C)(=O)=O)C(=O)OC(C)(C)C)c2ccccc2)c(C)c1. The summed E-state index contributed by atoms with van der Waals surface area (Å²) in [5.41, 5.74) is 1.99. The maximum Gasteiger partial charge on any atom is 0.410 e. The summed E-state index contributed by atoms with van der Waals surface area (Å²) < 4.78 is 34.4. The van der Waals surface area contributed by atoms with Gasteiger partial charge in [-0.25, -0.2) is 9.10 Å². The first kappa shape index (κ1) is 27.7. The molecule has 0 aliphatic carbocycles. The van der Waals surface area contributed by atoms with Gasteiger partial charge in [0.15, 0.2) is 0 Å². The Balaban J connectivity index is 2.30. The van der Waals surface area contributed by atoms with Crippen LogP contribution in [-0.4, -0.2) is 56.9 Å². The molecule has 2 amide bonds. The molecular weight excluding hydrogens is 476 g/mol. The molecule has 186 valence electrons. The third-order valence-corrected chi connectivity index (χ3v) is 6.22. The van der Waals surface area contributed by atoms with Gasteiger partial charge >= 0.3 is 6.09 Å². The number of benzene rings is 2. The first-order valence-electron chi connectivity index (χ1n) is 10.7. The van der Waals surface area contributed by atoms with Crippen LogP contribution < -0.4 is 4.31 Å². The van der Waals surface area contributed by atoms with Crippen LogP contribution in [0.2, 0.25) is 0 Å². The Morgan fingerprint density at radius 3 is 2.24 bits per heavy atom. The summed E-state index contributed by atoms with van der Waals surface area (Å²) >= 11 is 1.26. The van der Waals surface area contributed by atoms with Crippen molar-refractivity contribution in [3.05, 3.63) is 59.7 Å². The first-order chi connectivity index (χ1) is 15.7. The van der Waals surface area contributed by atoms with Gasteiger partial charge in [-0.1, -0.05) is 35.9 Å². The molecule has 0 bridgehead atoms. The van der Waals surface area contributed by atoms with Crippen LogP contribution in [0, 0.1) is 13.8 Å². The van der Waals surface area contributed by atoms with Crippen LogP contribution >= 0.6 is 11.9 Å². The molecule has 0 spiro atoms. The molecule has 0 radical (unpaired) electrons. The van der Waals surface area contributed by atoms with E-state index in [2.05, 4.69) is 0 Å². The number of carbonyl (C=O) groups is 2. The molecule has 8 nitrogen and oxygen atoms in total. The zero-order valence-corrected chi connectivity index (χ0v) is 22.0. The monoisotopic (exact) mass is 508 g/mol. The fourth-order valence-electron chi connectivity index (χ4n) is 2.90. The molecule has 2 rings (SSSR count). The molecular formula is C24H32N2O6S2. The third kappa shape index (κ3) is 9.36. The second-order valence-corrected chi connectivity index (χ2v) is 11.4. The fourth-order valence-corrected chi connectivity index (χ4v) is 4.19. The summed E-state index contributed by atoms with van der Waals surface area (Å²) in [5, 5.41) is 0. The number of para-hydroxylation sites is 1. The molecule has 0 aliphatic rings. The summed E-state index contributed by atoms with van der Waals surface area (Å²) in [6.45, 7) is 8.36. The molecule has 0 unspecified atom stereocenters. The van der Waals surface area contributed by atoms with Gasteiger partial charge in [-0.15, -0.1) is 0 Å². The van der Waals surface area contributed by atoms with Gasteiger partial charge < -0.3 is 4.74 Å². The molecule has 2 aromatic rings. The maximum absolute atomic E-state index is 13.5. The maximum atomic E-state index is 13.5. The van der Waals surface area contributed by atoms with Gasteiger partial charge in [0.25, 0.3) is 16.0 Å². The smallest absolute Gasteiger partial charge is 0.410 e. The lowest BCUT2D eigenvalue weighted by molar-refractivity contribution is -0.118. The van der Waals surface area contributed by atoms with E-state index in [1.165, 1.54) is 16.3 Å². The van der Waals surface area contributed by atoms with E-state index >= 15 is 0 Å². The van der Waals surface area contributed by atoms with E-state index in [1.807, 2.05) is 50.2 Å². The molecule has 0 N–H and O–H groups in total. The van der Waals surface area contributed by atoms with Crippen LogP contribution in [0.25, 0.3) is 0 Å². The second kappa shape index (κ2) is 11.7. The van der Waals surface area contributed by atoms with Crippen LogP contribution in [0.15, 0.2) is 53.4 Å². The summed E-state index contributed by atoms with van der Waals surface area (Å²) in [5.74, 6) is -0.374. The number of hydrogen-bond donors (Lipinski definition) is 0. The molecule has 0 saturated heterocycles. The highest BCUT2D eigenvalue weighted by Gasteiger charge is 2.27. The van der Waals surface area contributed by atoms with Crippen molar-refractivity contribution < 1.29 is 26.9 Å². The van der Waals surface area contributed by atoms with Crippen molar-refractivity contribution in [2.24, 2.45) is 0 Å². The Bertz CT molecular complexity index is 1100. The Hall–Kier alpha value is -2.56. The fraction of sp³-hybridized carbons (Fsp3) is 0.417. The van der Waals surface area contributed by atoms with E-state index in [0.717, 1.165) is 27.2 Å². The van der Waals surface area contributed by atoms with Crippen LogP contribution in [-0.2, 0) is 23.8 Å². The van der Waals surface area contributed by atoms with Gasteiger partial charge in [-0.2, -0.15) is 8.42 Å². The second-order valence-electron chi connectivity index (χ2n) is 8.81. The molecule has 0 aromatic heterocycles. The topological polar surface area (TPSA) is 93.2 Å². The number of rotatable bonds is 9. The lowest BCUT2D eigenvalue weighted by Gasteiger charge is -2.29. The van der Waals surface area contributed by atoms with Gasteiger partial charge in [0.2, 0.25) is 0 Å². The minimum Gasteiger partial charge on any atom is -0.444 e. The van der Waals surface area contributed by atoms with Crippen molar-refractivity contribution in [3.8, 4) is 0 Å². The Labute approximate surface area is 206 Å². The Morgan fingerprint density at radius 1 is 1.03 bits per heavy atom. The normalized spacial score (nSPS) is 11.7. The van der Waals surface area contributed by atoms with E-state index < -0.39 is 21.8 Å². The number of hydrogen-bond acceptors (Lipinski definition) is 7. The highest BCUT2D eigenvalue weighted by molar-refractivity contribution is 8.01. The Kier molecular flexibility index (Phi) is 9.54. The number of ether oxygens (including phenoxy) is 1. The summed E-state index contributed by atoms with van der Waals surface area (Å²) in [7, 11) is -3.70. The highest BCUT2D eigenvalue weighted by atomic mass is 32.2. The minimum atomic E-state index is -3.70. The quantitative estimate of drug-likeness (QED) is 0.362. The van der Waals surface area contributed by atoms with Crippen molar-refractivity contribution in [1.82, 2.24) is 4.90 Å². The summed E-state index contributed by atoms with van der Waals surface area (Å²) in [6.07, 6.45) is 0.190. The van der Waals surface area contributed by atoms with Gasteiger partial charge in [0.05, 0.1) is 18.6 Å². The van der Waals surface area contributed by atoms with E-state index in [9.17, 15) is 18.0 Å². The molecule has 0 atom stereocenters. The van der Waals surface area contributed by atoms with Crippen molar-refractivity contribution in [1.29, 1.82) is 0 Å². The lowest BCUT2D eigenvalue weighted by atomic mass is 10.2. The van der Waals surface area contributed by atoms with Gasteiger partial charge in [-0.3, -0.25) is 13.9 Å².